The van der Waals surface area contributed by atoms with Crippen LogP contribution >= 0.6 is 15.9 Å². The molecule has 0 bridgehead atoms. The smallest absolute Gasteiger partial charge is 0.413 e. The summed E-state index contributed by atoms with van der Waals surface area (Å²) in [5.41, 5.74) is 1.28. The molecule has 1 amide bonds. The number of hydrogen-bond donors (Lipinski definition) is 2. The van der Waals surface area contributed by atoms with Gasteiger partial charge < -0.3 is 9.84 Å². The van der Waals surface area contributed by atoms with Crippen molar-refractivity contribution in [1.82, 2.24) is 9.78 Å². The van der Waals surface area contributed by atoms with Gasteiger partial charge in [0, 0.05) is 4.47 Å². The second-order valence-corrected chi connectivity index (χ2v) is 6.20. The van der Waals surface area contributed by atoms with Gasteiger partial charge in [-0.2, -0.15) is 5.10 Å². The first kappa shape index (κ1) is 17.7. The zero-order valence-corrected chi connectivity index (χ0v) is 15.0. The van der Waals surface area contributed by atoms with E-state index in [1.807, 2.05) is 30.3 Å². The number of nitrogens with one attached hydrogen (secondary N) is 1. The largest absolute Gasteiger partial charge is 0.477 e. The summed E-state index contributed by atoms with van der Waals surface area (Å²) in [6, 6.07) is 16.2. The topological polar surface area (TPSA) is 93.5 Å². The minimum absolute atomic E-state index is 0.0258. The van der Waals surface area contributed by atoms with E-state index in [0.717, 1.165) is 10.0 Å². The van der Waals surface area contributed by atoms with Crippen LogP contribution in [-0.2, 0) is 11.3 Å². The molecule has 3 rings (SSSR count). The van der Waals surface area contributed by atoms with Crippen molar-refractivity contribution in [3.63, 3.8) is 0 Å². The van der Waals surface area contributed by atoms with Crippen LogP contribution in [0.1, 0.15) is 15.9 Å². The summed E-state index contributed by atoms with van der Waals surface area (Å²) in [7, 11) is 0. The number of anilines is 1. The molecule has 0 saturated heterocycles. The average molecular weight is 416 g/mol. The Morgan fingerprint density at radius 3 is 2.46 bits per heavy atom. The summed E-state index contributed by atoms with van der Waals surface area (Å²) in [5, 5.41) is 15.9. The summed E-state index contributed by atoms with van der Waals surface area (Å²) in [6.07, 6.45) is 0.409. The van der Waals surface area contributed by atoms with Crippen LogP contribution in [-0.4, -0.2) is 26.9 Å². The number of carboxylic acid groups (broad SMARTS) is 1. The van der Waals surface area contributed by atoms with E-state index in [9.17, 15) is 14.7 Å². The van der Waals surface area contributed by atoms with E-state index in [2.05, 4.69) is 26.3 Å². The molecule has 0 aliphatic heterocycles. The zero-order chi connectivity index (χ0) is 18.5. The van der Waals surface area contributed by atoms with Gasteiger partial charge in [0.1, 0.15) is 12.2 Å². The monoisotopic (exact) mass is 415 g/mol. The van der Waals surface area contributed by atoms with Crippen LogP contribution < -0.4 is 5.32 Å². The number of halogens is 1. The molecule has 3 aromatic rings. The van der Waals surface area contributed by atoms with Crippen LogP contribution in [0.5, 0.6) is 0 Å². The maximum atomic E-state index is 12.1. The zero-order valence-electron chi connectivity index (χ0n) is 13.4. The molecule has 7 nitrogen and oxygen atoms in total. The summed E-state index contributed by atoms with van der Waals surface area (Å²) in [5.74, 6) is -1.18. The molecule has 0 aliphatic rings. The molecule has 0 radical (unpaired) electrons. The lowest BCUT2D eigenvalue weighted by atomic mass is 10.2. The third-order valence-corrected chi connectivity index (χ3v) is 4.03. The van der Waals surface area contributed by atoms with Crippen LogP contribution in [0.3, 0.4) is 0 Å². The van der Waals surface area contributed by atoms with Crippen LogP contribution in [0.15, 0.2) is 65.3 Å². The lowest BCUT2D eigenvalue weighted by Crippen LogP contribution is -2.18. The molecule has 0 spiro atoms. The average Bonchev–Trinajstić information content (AvgIpc) is 3.05. The highest BCUT2D eigenvalue weighted by Crippen LogP contribution is 2.22. The summed E-state index contributed by atoms with van der Waals surface area (Å²) in [6.45, 7) is 0.0709. The number of benzene rings is 2. The van der Waals surface area contributed by atoms with E-state index in [1.54, 1.807) is 24.3 Å². The fourth-order valence-electron chi connectivity index (χ4n) is 2.26. The van der Waals surface area contributed by atoms with Crippen molar-refractivity contribution in [2.24, 2.45) is 0 Å². The Kier molecular flexibility index (Phi) is 5.33. The van der Waals surface area contributed by atoms with Gasteiger partial charge in [0.2, 0.25) is 0 Å². The summed E-state index contributed by atoms with van der Waals surface area (Å²) < 4.78 is 7.35. The molecule has 2 N–H and O–H groups in total. The third kappa shape index (κ3) is 4.09. The Hall–Kier alpha value is -3.13. The molecule has 1 heterocycles. The van der Waals surface area contributed by atoms with Gasteiger partial charge in [-0.1, -0.05) is 46.3 Å². The predicted octanol–water partition coefficient (Wildman–Crippen LogP) is 4.08. The van der Waals surface area contributed by atoms with E-state index in [4.69, 9.17) is 4.74 Å². The molecule has 1 aromatic heterocycles. The van der Waals surface area contributed by atoms with Gasteiger partial charge >= 0.3 is 12.1 Å². The van der Waals surface area contributed by atoms with Crippen molar-refractivity contribution in [2.45, 2.75) is 6.61 Å². The highest BCUT2D eigenvalue weighted by molar-refractivity contribution is 9.10. The normalized spacial score (nSPS) is 10.3. The number of aromatic carboxylic acids is 1. The maximum absolute atomic E-state index is 12.1. The van der Waals surface area contributed by atoms with Crippen molar-refractivity contribution in [2.75, 3.05) is 5.32 Å². The van der Waals surface area contributed by atoms with Crippen LogP contribution in [0.2, 0.25) is 0 Å². The number of ether oxygens (including phenoxy) is 1. The number of carboxylic acids is 1. The van der Waals surface area contributed by atoms with Crippen molar-refractivity contribution in [1.29, 1.82) is 0 Å². The molecule has 0 atom stereocenters. The lowest BCUT2D eigenvalue weighted by molar-refractivity contribution is 0.0698. The quantitative estimate of drug-likeness (QED) is 0.654. The van der Waals surface area contributed by atoms with Crippen molar-refractivity contribution in [3.8, 4) is 5.69 Å². The number of amides is 1. The van der Waals surface area contributed by atoms with Crippen molar-refractivity contribution < 1.29 is 19.4 Å². The second kappa shape index (κ2) is 7.83. The van der Waals surface area contributed by atoms with Crippen molar-refractivity contribution in [3.05, 3.63) is 76.4 Å². The highest BCUT2D eigenvalue weighted by atomic mass is 79.9. The summed E-state index contributed by atoms with van der Waals surface area (Å²) >= 11 is 3.33. The molecule has 26 heavy (non-hydrogen) atoms. The predicted molar refractivity (Wildman–Crippen MR) is 98.5 cm³/mol. The molecule has 0 aliphatic carbocycles. The number of rotatable bonds is 5. The minimum atomic E-state index is -1.20. The van der Waals surface area contributed by atoms with E-state index in [-0.39, 0.29) is 18.0 Å². The van der Waals surface area contributed by atoms with E-state index < -0.39 is 12.1 Å². The first-order valence-electron chi connectivity index (χ1n) is 7.59. The number of hydrogen-bond acceptors (Lipinski definition) is 4. The van der Waals surface area contributed by atoms with Gasteiger partial charge in [-0.3, -0.25) is 5.32 Å². The molecular formula is C18H14BrN3O4. The number of carbonyl (C=O) groups is 2. The Balaban J connectivity index is 1.81. The van der Waals surface area contributed by atoms with Gasteiger partial charge in [-0.25, -0.2) is 14.3 Å². The lowest BCUT2D eigenvalue weighted by Gasteiger charge is -2.11. The molecule has 8 heteroatoms. The van der Waals surface area contributed by atoms with Crippen LogP contribution in [0.25, 0.3) is 5.69 Å². The number of carbonyl (C=O) groups excluding carboxylic acids is 1. The molecule has 2 aromatic carbocycles. The highest BCUT2D eigenvalue weighted by Gasteiger charge is 2.20. The minimum Gasteiger partial charge on any atom is -0.477 e. The Morgan fingerprint density at radius 1 is 1.12 bits per heavy atom. The van der Waals surface area contributed by atoms with Gasteiger partial charge in [0.25, 0.3) is 0 Å². The molecule has 0 unspecified atom stereocenters. The third-order valence-electron chi connectivity index (χ3n) is 3.50. The fraction of sp³-hybridized carbons (Fsp3) is 0.0556. The second-order valence-electron chi connectivity index (χ2n) is 5.29. The first-order chi connectivity index (χ1) is 12.5. The van der Waals surface area contributed by atoms with E-state index in [0.29, 0.717) is 5.69 Å². The standard InChI is InChI=1S/C18H14BrN3O4/c19-13-6-8-14(9-7-13)22-16(15(10-20-22)17(23)24)21-18(25)26-11-12-4-2-1-3-5-12/h1-10H,11H2,(H,21,25)(H,23,24). The van der Waals surface area contributed by atoms with Gasteiger partial charge in [-0.05, 0) is 29.8 Å². The molecule has 0 fully saturated rings. The van der Waals surface area contributed by atoms with Crippen LogP contribution in [0.4, 0.5) is 10.6 Å². The Morgan fingerprint density at radius 2 is 1.81 bits per heavy atom. The summed E-state index contributed by atoms with van der Waals surface area (Å²) in [4.78, 5) is 23.5. The van der Waals surface area contributed by atoms with E-state index >= 15 is 0 Å². The molecule has 132 valence electrons. The van der Waals surface area contributed by atoms with Crippen molar-refractivity contribution >= 4 is 33.8 Å². The van der Waals surface area contributed by atoms with Gasteiger partial charge in [0.05, 0.1) is 11.9 Å². The SMILES string of the molecule is O=C(Nc1c(C(=O)O)cnn1-c1ccc(Br)cc1)OCc1ccccc1. The molecular weight excluding hydrogens is 402 g/mol. The van der Waals surface area contributed by atoms with Gasteiger partial charge in [0.15, 0.2) is 5.82 Å². The van der Waals surface area contributed by atoms with Gasteiger partial charge in [-0.15, -0.1) is 0 Å². The first-order valence-corrected chi connectivity index (χ1v) is 8.39. The Bertz CT molecular complexity index is 923. The van der Waals surface area contributed by atoms with Crippen LogP contribution in [0, 0.1) is 0 Å². The maximum Gasteiger partial charge on any atom is 0.413 e. The molecule has 0 saturated carbocycles. The number of nitrogens with zero attached hydrogens (tertiary/aromatic N) is 2. The van der Waals surface area contributed by atoms with E-state index in [1.165, 1.54) is 10.9 Å². The Labute approximate surface area is 157 Å². The fourth-order valence-corrected chi connectivity index (χ4v) is 2.52. The number of aromatic nitrogens is 2.